The van der Waals surface area contributed by atoms with E-state index >= 15 is 0 Å². The summed E-state index contributed by atoms with van der Waals surface area (Å²) in [6.07, 6.45) is 4.30. The zero-order chi connectivity index (χ0) is 23.1. The van der Waals surface area contributed by atoms with Crippen LogP contribution in [0.2, 0.25) is 0 Å². The molecule has 0 aliphatic carbocycles. The Morgan fingerprint density at radius 3 is 2.50 bits per heavy atom. The van der Waals surface area contributed by atoms with Gasteiger partial charge in [-0.2, -0.15) is 4.31 Å². The van der Waals surface area contributed by atoms with Gasteiger partial charge in [-0.25, -0.2) is 8.42 Å². The van der Waals surface area contributed by atoms with Gasteiger partial charge in [0.25, 0.3) is 0 Å². The maximum Gasteiger partial charge on any atom is 0.325 e. The summed E-state index contributed by atoms with van der Waals surface area (Å²) >= 11 is 0. The van der Waals surface area contributed by atoms with Gasteiger partial charge in [-0.1, -0.05) is 42.5 Å². The zero-order valence-electron chi connectivity index (χ0n) is 18.4. The number of rotatable bonds is 5. The number of fused-ring (bicyclic) bond motifs is 1. The van der Waals surface area contributed by atoms with Crippen LogP contribution in [0.4, 0.5) is 0 Å². The minimum absolute atomic E-state index is 0.170. The van der Waals surface area contributed by atoms with E-state index in [1.54, 1.807) is 0 Å². The number of para-hydroxylation sites is 1. The molecule has 1 aromatic heterocycles. The third-order valence-electron chi connectivity index (χ3n) is 6.17. The number of nitrogens with zero attached hydrogens (tertiary/aromatic N) is 2. The predicted molar refractivity (Wildman–Crippen MR) is 127 cm³/mol. The van der Waals surface area contributed by atoms with Gasteiger partial charge in [-0.3, -0.25) is 9.78 Å². The van der Waals surface area contributed by atoms with Crippen LogP contribution in [0.1, 0.15) is 31.4 Å². The lowest BCUT2D eigenvalue weighted by Gasteiger charge is -2.31. The van der Waals surface area contributed by atoms with Crippen molar-refractivity contribution in [3.05, 3.63) is 71.9 Å². The van der Waals surface area contributed by atoms with Gasteiger partial charge in [0.15, 0.2) is 4.75 Å². The Labute approximate surface area is 188 Å². The van der Waals surface area contributed by atoms with E-state index in [-0.39, 0.29) is 13.1 Å². The first-order valence-electron chi connectivity index (χ1n) is 10.5. The van der Waals surface area contributed by atoms with Crippen molar-refractivity contribution in [2.24, 2.45) is 0 Å². The molecule has 0 radical (unpaired) electrons. The maximum absolute atomic E-state index is 12.8. The molecular formula is C25H26N2O4S. The normalized spacial score (nSPS) is 15.5. The Morgan fingerprint density at radius 1 is 1.09 bits per heavy atom. The predicted octanol–water partition coefficient (Wildman–Crippen LogP) is 4.49. The molecule has 1 aliphatic rings. The third-order valence-corrected chi connectivity index (χ3v) is 8.65. The quantitative estimate of drug-likeness (QED) is 0.619. The summed E-state index contributed by atoms with van der Waals surface area (Å²) in [5.74, 6) is -1.35. The van der Waals surface area contributed by atoms with Gasteiger partial charge in [0.05, 0.1) is 5.52 Å². The molecule has 3 aromatic rings. The van der Waals surface area contributed by atoms with Gasteiger partial charge >= 0.3 is 5.97 Å². The highest BCUT2D eigenvalue weighted by Crippen LogP contribution is 2.32. The van der Waals surface area contributed by atoms with Crippen molar-refractivity contribution in [3.63, 3.8) is 0 Å². The summed E-state index contributed by atoms with van der Waals surface area (Å²) in [6.45, 7) is 4.95. The number of hydrogen-bond donors (Lipinski definition) is 1. The Bertz CT molecular complexity index is 1340. The van der Waals surface area contributed by atoms with Crippen LogP contribution >= 0.6 is 0 Å². The van der Waals surface area contributed by atoms with Crippen molar-refractivity contribution in [2.75, 3.05) is 13.1 Å². The molecule has 6 nitrogen and oxygen atoms in total. The van der Waals surface area contributed by atoms with Crippen molar-refractivity contribution in [1.29, 1.82) is 0 Å². The maximum atomic E-state index is 12.8. The number of aromatic nitrogens is 1. The van der Waals surface area contributed by atoms with Crippen LogP contribution in [0.25, 0.3) is 27.6 Å². The minimum Gasteiger partial charge on any atom is -0.480 e. The van der Waals surface area contributed by atoms with Crippen LogP contribution in [-0.2, 0) is 14.8 Å². The second-order valence-corrected chi connectivity index (χ2v) is 11.1. The number of aryl methyl sites for hydroxylation is 1. The van der Waals surface area contributed by atoms with Gasteiger partial charge < -0.3 is 5.11 Å². The van der Waals surface area contributed by atoms with Crippen molar-refractivity contribution in [2.45, 2.75) is 31.9 Å². The number of carboxylic acid groups (broad SMARTS) is 1. The number of pyridine rings is 1. The van der Waals surface area contributed by atoms with Crippen molar-refractivity contribution >= 4 is 32.5 Å². The number of carbonyl (C=O) groups is 1. The Morgan fingerprint density at radius 2 is 1.84 bits per heavy atom. The average Bonchev–Trinajstić information content (AvgIpc) is 2.78. The number of hydrogen-bond acceptors (Lipinski definition) is 4. The first-order valence-corrected chi connectivity index (χ1v) is 11.9. The SMILES string of the molecule is Cc1cc(C2=CCN(S(=O)(=O)C(C)(C)C(=O)O)CC2)ccc1-c1cnc2ccccc2c1. The van der Waals surface area contributed by atoms with Crippen LogP contribution < -0.4 is 0 Å². The molecule has 4 rings (SSSR count). The lowest BCUT2D eigenvalue weighted by Crippen LogP contribution is -2.50. The molecule has 2 aromatic carbocycles. The summed E-state index contributed by atoms with van der Waals surface area (Å²) < 4.78 is 24.9. The van der Waals surface area contributed by atoms with Crippen LogP contribution in [0.3, 0.4) is 0 Å². The zero-order valence-corrected chi connectivity index (χ0v) is 19.2. The van der Waals surface area contributed by atoms with Gasteiger partial charge in [0, 0.05) is 30.2 Å². The van der Waals surface area contributed by atoms with Gasteiger partial charge in [-0.15, -0.1) is 0 Å². The first kappa shape index (κ1) is 22.2. The van der Waals surface area contributed by atoms with E-state index in [0.717, 1.165) is 38.7 Å². The van der Waals surface area contributed by atoms with Gasteiger partial charge in [-0.05, 0) is 61.6 Å². The molecule has 2 heterocycles. The monoisotopic (exact) mass is 450 g/mol. The molecule has 0 saturated carbocycles. The summed E-state index contributed by atoms with van der Waals surface area (Å²) in [5, 5.41) is 10.4. The summed E-state index contributed by atoms with van der Waals surface area (Å²) in [5.41, 5.74) is 6.35. The van der Waals surface area contributed by atoms with Crippen molar-refractivity contribution in [3.8, 4) is 11.1 Å². The van der Waals surface area contributed by atoms with Crippen LogP contribution in [0.5, 0.6) is 0 Å². The Hall–Kier alpha value is -3.03. The van der Waals surface area contributed by atoms with E-state index in [9.17, 15) is 18.3 Å². The molecule has 32 heavy (non-hydrogen) atoms. The number of aliphatic carboxylic acids is 1. The molecule has 1 aliphatic heterocycles. The van der Waals surface area contributed by atoms with Crippen LogP contribution in [0.15, 0.2) is 60.8 Å². The van der Waals surface area contributed by atoms with E-state index in [4.69, 9.17) is 0 Å². The first-order chi connectivity index (χ1) is 15.1. The smallest absolute Gasteiger partial charge is 0.325 e. The molecule has 0 unspecified atom stereocenters. The molecule has 7 heteroatoms. The summed E-state index contributed by atoms with van der Waals surface area (Å²) in [4.78, 5) is 16.0. The van der Waals surface area contributed by atoms with Crippen molar-refractivity contribution in [1.82, 2.24) is 9.29 Å². The van der Waals surface area contributed by atoms with Gasteiger partial charge in [0.2, 0.25) is 10.0 Å². The molecule has 0 bridgehead atoms. The highest BCUT2D eigenvalue weighted by molar-refractivity contribution is 7.91. The minimum atomic E-state index is -3.95. The van der Waals surface area contributed by atoms with Crippen molar-refractivity contribution < 1.29 is 18.3 Å². The average molecular weight is 451 g/mol. The third kappa shape index (κ3) is 3.82. The lowest BCUT2D eigenvalue weighted by atomic mass is 9.94. The fraction of sp³-hybridized carbons (Fsp3) is 0.280. The standard InChI is InChI=1S/C25H26N2O4S/c1-17-14-19(8-9-22(17)21-15-20-6-4-5-7-23(20)26-16-21)18-10-12-27(13-11-18)32(30,31)25(2,3)24(28)29/h4-10,14-16H,11-13H2,1-3H3,(H,28,29). The summed E-state index contributed by atoms with van der Waals surface area (Å²) in [7, 11) is -3.95. The van der Waals surface area contributed by atoms with E-state index < -0.39 is 20.7 Å². The molecule has 0 spiro atoms. The fourth-order valence-electron chi connectivity index (χ4n) is 3.97. The molecular weight excluding hydrogens is 424 g/mol. The van der Waals surface area contributed by atoms with E-state index in [1.165, 1.54) is 18.2 Å². The summed E-state index contributed by atoms with van der Waals surface area (Å²) in [6, 6.07) is 16.4. The topological polar surface area (TPSA) is 87.6 Å². The molecule has 0 saturated heterocycles. The Kier molecular flexibility index (Phi) is 5.65. The highest BCUT2D eigenvalue weighted by atomic mass is 32.2. The molecule has 166 valence electrons. The van der Waals surface area contributed by atoms with Crippen LogP contribution in [0, 0.1) is 6.92 Å². The number of sulfonamides is 1. The molecule has 0 amide bonds. The van der Waals surface area contributed by atoms with E-state index in [2.05, 4.69) is 36.2 Å². The number of benzene rings is 2. The van der Waals surface area contributed by atoms with Gasteiger partial charge in [0.1, 0.15) is 0 Å². The highest BCUT2D eigenvalue weighted by Gasteiger charge is 2.45. The Balaban J connectivity index is 1.58. The second kappa shape index (κ2) is 8.15. The fourth-order valence-corrected chi connectivity index (χ4v) is 5.44. The lowest BCUT2D eigenvalue weighted by molar-refractivity contribution is -0.139. The molecule has 0 atom stereocenters. The van der Waals surface area contributed by atoms with E-state index in [0.29, 0.717) is 6.42 Å². The molecule has 1 N–H and O–H groups in total. The van der Waals surface area contributed by atoms with E-state index in [1.807, 2.05) is 36.5 Å². The largest absolute Gasteiger partial charge is 0.480 e. The molecule has 0 fully saturated rings. The van der Waals surface area contributed by atoms with Crippen LogP contribution in [-0.4, -0.2) is 46.6 Å². The second-order valence-electron chi connectivity index (χ2n) is 8.60. The number of carboxylic acids is 1.